The van der Waals surface area contributed by atoms with Gasteiger partial charge in [0.05, 0.1) is 12.1 Å². The third-order valence-corrected chi connectivity index (χ3v) is 5.39. The van der Waals surface area contributed by atoms with E-state index in [4.69, 9.17) is 4.74 Å². The Morgan fingerprint density at radius 1 is 1.13 bits per heavy atom. The van der Waals surface area contributed by atoms with E-state index in [1.54, 1.807) is 12.4 Å². The maximum atomic E-state index is 12.4. The number of amides is 1. The summed E-state index contributed by atoms with van der Waals surface area (Å²) in [5, 5.41) is 0. The summed E-state index contributed by atoms with van der Waals surface area (Å²) in [5.41, 5.74) is 0. The highest BCUT2D eigenvalue weighted by Crippen LogP contribution is 2.30. The fourth-order valence-electron chi connectivity index (χ4n) is 4.17. The molecule has 0 bridgehead atoms. The number of nitrogens with zero attached hydrogens (tertiary/aromatic N) is 4. The lowest BCUT2D eigenvalue weighted by molar-refractivity contribution is -0.154. The van der Waals surface area contributed by atoms with E-state index in [2.05, 4.69) is 19.8 Å². The van der Waals surface area contributed by atoms with Crippen LogP contribution in [0.15, 0.2) is 18.5 Å². The maximum Gasteiger partial charge on any atom is 0.248 e. The van der Waals surface area contributed by atoms with Gasteiger partial charge in [-0.25, -0.2) is 9.97 Å². The van der Waals surface area contributed by atoms with Crippen LogP contribution in [0.1, 0.15) is 32.1 Å². The summed E-state index contributed by atoms with van der Waals surface area (Å²) < 4.78 is 5.80. The predicted octanol–water partition coefficient (Wildman–Crippen LogP) is 1.47. The van der Waals surface area contributed by atoms with Gasteiger partial charge >= 0.3 is 0 Å². The van der Waals surface area contributed by atoms with Crippen LogP contribution in [-0.2, 0) is 9.53 Å². The zero-order chi connectivity index (χ0) is 15.6. The van der Waals surface area contributed by atoms with Gasteiger partial charge in [-0.15, -0.1) is 0 Å². The highest BCUT2D eigenvalue weighted by Gasteiger charge is 2.44. The van der Waals surface area contributed by atoms with Crippen LogP contribution in [0.3, 0.4) is 0 Å². The first kappa shape index (κ1) is 14.9. The molecule has 1 amide bonds. The molecule has 1 aromatic heterocycles. The number of carbonyl (C=O) groups is 1. The summed E-state index contributed by atoms with van der Waals surface area (Å²) in [6.45, 7) is 2.65. The number of anilines is 1. The number of morpholine rings is 1. The number of fused-ring (bicyclic) bond motifs is 1. The van der Waals surface area contributed by atoms with Crippen molar-refractivity contribution in [3.63, 3.8) is 0 Å². The summed E-state index contributed by atoms with van der Waals surface area (Å²) in [4.78, 5) is 25.3. The minimum Gasteiger partial charge on any atom is -0.364 e. The molecule has 2 saturated heterocycles. The van der Waals surface area contributed by atoms with E-state index >= 15 is 0 Å². The van der Waals surface area contributed by atoms with Crippen molar-refractivity contribution in [3.8, 4) is 0 Å². The summed E-state index contributed by atoms with van der Waals surface area (Å²) in [6, 6.07) is 1.96. The van der Waals surface area contributed by atoms with Crippen LogP contribution in [0.4, 0.5) is 5.95 Å². The van der Waals surface area contributed by atoms with Crippen LogP contribution in [0.25, 0.3) is 0 Å². The SMILES string of the molecule is O=C1COC2CN(c3ncccn3)CC2N1CC1CCCCC1. The van der Waals surface area contributed by atoms with E-state index in [9.17, 15) is 4.79 Å². The van der Waals surface area contributed by atoms with Gasteiger partial charge < -0.3 is 14.5 Å². The molecule has 6 nitrogen and oxygen atoms in total. The van der Waals surface area contributed by atoms with E-state index in [0.29, 0.717) is 5.92 Å². The molecule has 0 N–H and O–H groups in total. The highest BCUT2D eigenvalue weighted by molar-refractivity contribution is 5.79. The third-order valence-electron chi connectivity index (χ3n) is 5.39. The minimum atomic E-state index is 0.0834. The molecule has 4 rings (SSSR count). The predicted molar refractivity (Wildman–Crippen MR) is 86.1 cm³/mol. The summed E-state index contributed by atoms with van der Waals surface area (Å²) in [6.07, 6.45) is 10.1. The number of ether oxygens (including phenoxy) is 1. The van der Waals surface area contributed by atoms with Gasteiger partial charge in [-0.1, -0.05) is 19.3 Å². The van der Waals surface area contributed by atoms with Gasteiger partial charge in [-0.2, -0.15) is 0 Å². The van der Waals surface area contributed by atoms with Crippen LogP contribution in [0.2, 0.25) is 0 Å². The van der Waals surface area contributed by atoms with E-state index in [0.717, 1.165) is 25.6 Å². The lowest BCUT2D eigenvalue weighted by Gasteiger charge is -2.39. The number of carbonyl (C=O) groups excluding carboxylic acids is 1. The minimum absolute atomic E-state index is 0.0834. The molecule has 3 heterocycles. The zero-order valence-electron chi connectivity index (χ0n) is 13.4. The highest BCUT2D eigenvalue weighted by atomic mass is 16.5. The van der Waals surface area contributed by atoms with Crippen molar-refractivity contribution in [1.29, 1.82) is 0 Å². The fraction of sp³-hybridized carbons (Fsp3) is 0.706. The molecule has 6 heteroatoms. The number of hydrogen-bond donors (Lipinski definition) is 0. The molecule has 1 saturated carbocycles. The molecule has 0 spiro atoms. The molecule has 23 heavy (non-hydrogen) atoms. The molecule has 1 aliphatic carbocycles. The molecular formula is C17H24N4O2. The summed E-state index contributed by atoms with van der Waals surface area (Å²) in [7, 11) is 0. The second-order valence-corrected chi connectivity index (χ2v) is 6.92. The molecule has 2 aliphatic heterocycles. The maximum absolute atomic E-state index is 12.4. The standard InChI is InChI=1S/C17H24N4O2/c22-16-12-23-15-11-20(17-18-7-4-8-19-17)10-14(15)21(16)9-13-5-2-1-3-6-13/h4,7-8,13-15H,1-3,5-6,9-12H2. The Hall–Kier alpha value is -1.69. The summed E-state index contributed by atoms with van der Waals surface area (Å²) in [5.74, 6) is 1.54. The van der Waals surface area contributed by atoms with Crippen molar-refractivity contribution in [1.82, 2.24) is 14.9 Å². The lowest BCUT2D eigenvalue weighted by Crippen LogP contribution is -2.55. The van der Waals surface area contributed by atoms with Gasteiger partial charge in [0.2, 0.25) is 11.9 Å². The topological polar surface area (TPSA) is 58.6 Å². The first-order valence-corrected chi connectivity index (χ1v) is 8.74. The quantitative estimate of drug-likeness (QED) is 0.845. The van der Waals surface area contributed by atoms with Gasteiger partial charge in [-0.05, 0) is 24.8 Å². The number of rotatable bonds is 3. The molecule has 124 valence electrons. The molecule has 2 atom stereocenters. The van der Waals surface area contributed by atoms with Crippen molar-refractivity contribution in [2.45, 2.75) is 44.2 Å². The Morgan fingerprint density at radius 3 is 2.70 bits per heavy atom. The molecule has 2 unspecified atom stereocenters. The Bertz CT molecular complexity index is 547. The third kappa shape index (κ3) is 3.04. The van der Waals surface area contributed by atoms with Crippen molar-refractivity contribution in [2.75, 3.05) is 31.1 Å². The van der Waals surface area contributed by atoms with Gasteiger partial charge in [-0.3, -0.25) is 4.79 Å². The summed E-state index contributed by atoms with van der Waals surface area (Å²) >= 11 is 0. The first-order valence-electron chi connectivity index (χ1n) is 8.74. The Morgan fingerprint density at radius 2 is 1.91 bits per heavy atom. The second kappa shape index (κ2) is 6.43. The van der Waals surface area contributed by atoms with Gasteiger partial charge in [0.25, 0.3) is 0 Å². The largest absolute Gasteiger partial charge is 0.364 e. The average Bonchev–Trinajstić information content (AvgIpc) is 3.04. The number of aromatic nitrogens is 2. The van der Waals surface area contributed by atoms with Gasteiger partial charge in [0, 0.05) is 32.0 Å². The van der Waals surface area contributed by atoms with Crippen molar-refractivity contribution in [2.24, 2.45) is 5.92 Å². The molecule has 0 aromatic carbocycles. The molecule has 0 radical (unpaired) electrons. The van der Waals surface area contributed by atoms with E-state index in [1.165, 1.54) is 32.1 Å². The Balaban J connectivity index is 1.47. The van der Waals surface area contributed by atoms with E-state index in [1.807, 2.05) is 6.07 Å². The normalized spacial score (nSPS) is 29.0. The molecule has 1 aromatic rings. The molecular weight excluding hydrogens is 292 g/mol. The van der Waals surface area contributed by atoms with Crippen LogP contribution in [-0.4, -0.2) is 59.2 Å². The molecule has 3 aliphatic rings. The van der Waals surface area contributed by atoms with Crippen molar-refractivity contribution < 1.29 is 9.53 Å². The van der Waals surface area contributed by atoms with Crippen molar-refractivity contribution >= 4 is 11.9 Å². The monoisotopic (exact) mass is 316 g/mol. The van der Waals surface area contributed by atoms with E-state index in [-0.39, 0.29) is 24.7 Å². The Kier molecular flexibility index (Phi) is 4.16. The first-order chi connectivity index (χ1) is 11.3. The number of hydrogen-bond acceptors (Lipinski definition) is 5. The Labute approximate surface area is 136 Å². The molecule has 3 fully saturated rings. The average molecular weight is 316 g/mol. The van der Waals surface area contributed by atoms with Gasteiger partial charge in [0.15, 0.2) is 0 Å². The van der Waals surface area contributed by atoms with Crippen LogP contribution in [0.5, 0.6) is 0 Å². The second-order valence-electron chi connectivity index (χ2n) is 6.92. The van der Waals surface area contributed by atoms with Crippen molar-refractivity contribution in [3.05, 3.63) is 18.5 Å². The zero-order valence-corrected chi connectivity index (χ0v) is 13.4. The van der Waals surface area contributed by atoms with Gasteiger partial charge in [0.1, 0.15) is 6.61 Å². The van der Waals surface area contributed by atoms with Crippen LogP contribution >= 0.6 is 0 Å². The lowest BCUT2D eigenvalue weighted by atomic mass is 9.88. The van der Waals surface area contributed by atoms with Crippen LogP contribution < -0.4 is 4.90 Å². The fourth-order valence-corrected chi connectivity index (χ4v) is 4.17. The smallest absolute Gasteiger partial charge is 0.248 e. The van der Waals surface area contributed by atoms with E-state index < -0.39 is 0 Å². The van der Waals surface area contributed by atoms with Crippen LogP contribution in [0, 0.1) is 5.92 Å².